The summed E-state index contributed by atoms with van der Waals surface area (Å²) in [5.41, 5.74) is 1.11. The lowest BCUT2D eigenvalue weighted by molar-refractivity contribution is -0.123. The van der Waals surface area contributed by atoms with E-state index in [0.717, 1.165) is 31.5 Å². The molecule has 2 aliphatic rings. The van der Waals surface area contributed by atoms with Gasteiger partial charge in [-0.2, -0.15) is 0 Å². The molecule has 1 aromatic rings. The Kier molecular flexibility index (Phi) is 4.43. The highest BCUT2D eigenvalue weighted by molar-refractivity contribution is 6.42. The van der Waals surface area contributed by atoms with Gasteiger partial charge in [-0.05, 0) is 55.5 Å². The number of carbonyl (C=O) groups is 1. The predicted molar refractivity (Wildman–Crippen MR) is 85.9 cm³/mol. The van der Waals surface area contributed by atoms with Crippen molar-refractivity contribution in [3.05, 3.63) is 33.8 Å². The molecule has 1 aliphatic carbocycles. The zero-order chi connectivity index (χ0) is 15.0. The van der Waals surface area contributed by atoms with Gasteiger partial charge in [0.1, 0.15) is 0 Å². The molecule has 0 radical (unpaired) electrons. The fourth-order valence-corrected chi connectivity index (χ4v) is 3.42. The van der Waals surface area contributed by atoms with E-state index >= 15 is 0 Å². The summed E-state index contributed by atoms with van der Waals surface area (Å²) in [5.74, 6) is 1.05. The number of amides is 1. The fraction of sp³-hybridized carbons (Fsp3) is 0.562. The summed E-state index contributed by atoms with van der Waals surface area (Å²) in [6, 6.07) is 5.96. The Morgan fingerprint density at radius 2 is 2.14 bits per heavy atom. The minimum Gasteiger partial charge on any atom is -0.353 e. The minimum absolute atomic E-state index is 0.0873. The third-order valence-corrected chi connectivity index (χ3v) is 5.35. The summed E-state index contributed by atoms with van der Waals surface area (Å²) in [6.45, 7) is 4.14. The molecule has 0 bridgehead atoms. The van der Waals surface area contributed by atoms with Gasteiger partial charge < -0.3 is 10.6 Å². The summed E-state index contributed by atoms with van der Waals surface area (Å²) in [6.07, 6.45) is 1.92. The number of piperidine rings is 1. The van der Waals surface area contributed by atoms with Crippen LogP contribution in [0.2, 0.25) is 10.0 Å². The number of hydrogen-bond donors (Lipinski definition) is 2. The Morgan fingerprint density at radius 3 is 2.86 bits per heavy atom. The molecular formula is C16H20Cl2N2O. The van der Waals surface area contributed by atoms with Crippen molar-refractivity contribution in [3.8, 4) is 0 Å². The van der Waals surface area contributed by atoms with Gasteiger partial charge in [0.2, 0.25) is 5.91 Å². The smallest absolute Gasteiger partial charge is 0.223 e. The topological polar surface area (TPSA) is 41.1 Å². The molecular weight excluding hydrogens is 307 g/mol. The van der Waals surface area contributed by atoms with Crippen LogP contribution in [-0.2, 0) is 4.79 Å². The Labute approximate surface area is 135 Å². The Balaban J connectivity index is 1.59. The summed E-state index contributed by atoms with van der Waals surface area (Å²) >= 11 is 12.0. The lowest BCUT2D eigenvalue weighted by Gasteiger charge is -2.30. The lowest BCUT2D eigenvalue weighted by Crippen LogP contribution is -2.48. The zero-order valence-corrected chi connectivity index (χ0v) is 13.5. The molecule has 3 nitrogen and oxygen atoms in total. The summed E-state index contributed by atoms with van der Waals surface area (Å²) < 4.78 is 0. The van der Waals surface area contributed by atoms with Crippen LogP contribution < -0.4 is 10.6 Å². The van der Waals surface area contributed by atoms with E-state index in [1.54, 1.807) is 6.07 Å². The first-order valence-corrected chi connectivity index (χ1v) is 8.28. The van der Waals surface area contributed by atoms with Crippen molar-refractivity contribution in [1.82, 2.24) is 10.6 Å². The molecule has 1 amide bonds. The first-order chi connectivity index (χ1) is 10.1. The number of rotatable bonds is 3. The van der Waals surface area contributed by atoms with Crippen molar-refractivity contribution in [2.24, 2.45) is 11.8 Å². The summed E-state index contributed by atoms with van der Waals surface area (Å²) in [4.78, 5) is 12.4. The molecule has 2 N–H and O–H groups in total. The van der Waals surface area contributed by atoms with Gasteiger partial charge in [-0.25, -0.2) is 0 Å². The molecule has 0 aromatic heterocycles. The van der Waals surface area contributed by atoms with Crippen LogP contribution in [0.1, 0.15) is 31.2 Å². The van der Waals surface area contributed by atoms with Crippen LogP contribution in [0.4, 0.5) is 0 Å². The standard InChI is InChI=1S/C16H20Cl2N2O/c1-9-8-19-5-4-15(9)20-16(21)12-7-11(12)10-2-3-13(17)14(18)6-10/h2-3,6,9,11-12,15,19H,4-5,7-8H2,1H3,(H,20,21). The molecule has 1 saturated carbocycles. The van der Waals surface area contributed by atoms with E-state index in [2.05, 4.69) is 17.6 Å². The Hall–Kier alpha value is -0.770. The monoisotopic (exact) mass is 326 g/mol. The van der Waals surface area contributed by atoms with Crippen LogP contribution in [0.25, 0.3) is 0 Å². The molecule has 0 spiro atoms. The van der Waals surface area contributed by atoms with Gasteiger partial charge >= 0.3 is 0 Å². The summed E-state index contributed by atoms with van der Waals surface area (Å²) in [5, 5.41) is 7.69. The second-order valence-corrected chi connectivity index (χ2v) is 7.02. The molecule has 114 valence electrons. The number of carbonyl (C=O) groups excluding carboxylic acids is 1. The number of hydrogen-bond acceptors (Lipinski definition) is 2. The molecule has 4 unspecified atom stereocenters. The number of halogens is 2. The van der Waals surface area contributed by atoms with Crippen molar-refractivity contribution >= 4 is 29.1 Å². The average molecular weight is 327 g/mol. The SMILES string of the molecule is CC1CNCCC1NC(=O)C1CC1c1ccc(Cl)c(Cl)c1. The molecule has 5 heteroatoms. The van der Waals surface area contributed by atoms with E-state index in [1.165, 1.54) is 0 Å². The molecule has 2 fully saturated rings. The third-order valence-electron chi connectivity index (χ3n) is 4.61. The predicted octanol–water partition coefficient (Wildman–Crippen LogP) is 3.21. The van der Waals surface area contributed by atoms with Crippen LogP contribution in [0.15, 0.2) is 18.2 Å². The van der Waals surface area contributed by atoms with E-state index in [1.807, 2.05) is 12.1 Å². The highest BCUT2D eigenvalue weighted by Crippen LogP contribution is 2.48. The number of benzene rings is 1. The first-order valence-electron chi connectivity index (χ1n) is 7.52. The van der Waals surface area contributed by atoms with Crippen LogP contribution in [0.5, 0.6) is 0 Å². The average Bonchev–Trinajstić information content (AvgIpc) is 3.25. The van der Waals surface area contributed by atoms with E-state index < -0.39 is 0 Å². The normalized spacial score (nSPS) is 31.8. The van der Waals surface area contributed by atoms with Crippen molar-refractivity contribution in [3.63, 3.8) is 0 Å². The largest absolute Gasteiger partial charge is 0.353 e. The first kappa shape index (κ1) is 15.1. The maximum atomic E-state index is 12.4. The van der Waals surface area contributed by atoms with Crippen LogP contribution in [-0.4, -0.2) is 25.0 Å². The van der Waals surface area contributed by atoms with Crippen LogP contribution >= 0.6 is 23.2 Å². The molecule has 4 atom stereocenters. The van der Waals surface area contributed by atoms with Gasteiger partial charge in [-0.3, -0.25) is 4.79 Å². The molecule has 3 rings (SSSR count). The van der Waals surface area contributed by atoms with Gasteiger partial charge in [0.25, 0.3) is 0 Å². The second kappa shape index (κ2) is 6.15. The molecule has 1 heterocycles. The molecule has 1 aromatic carbocycles. The van der Waals surface area contributed by atoms with Crippen LogP contribution in [0.3, 0.4) is 0 Å². The Morgan fingerprint density at radius 1 is 1.33 bits per heavy atom. The van der Waals surface area contributed by atoms with Crippen molar-refractivity contribution in [1.29, 1.82) is 0 Å². The van der Waals surface area contributed by atoms with Gasteiger partial charge in [-0.15, -0.1) is 0 Å². The van der Waals surface area contributed by atoms with Crippen molar-refractivity contribution in [2.45, 2.75) is 31.7 Å². The van der Waals surface area contributed by atoms with Gasteiger partial charge in [-0.1, -0.05) is 36.2 Å². The van der Waals surface area contributed by atoms with Crippen molar-refractivity contribution < 1.29 is 4.79 Å². The zero-order valence-electron chi connectivity index (χ0n) is 12.0. The van der Waals surface area contributed by atoms with Gasteiger partial charge in [0, 0.05) is 12.0 Å². The quantitative estimate of drug-likeness (QED) is 0.895. The third kappa shape index (κ3) is 3.36. The van der Waals surface area contributed by atoms with Crippen molar-refractivity contribution in [2.75, 3.05) is 13.1 Å². The lowest BCUT2D eigenvalue weighted by atomic mass is 9.95. The minimum atomic E-state index is 0.0873. The van der Waals surface area contributed by atoms with E-state index in [9.17, 15) is 4.79 Å². The number of nitrogens with one attached hydrogen (secondary N) is 2. The summed E-state index contributed by atoms with van der Waals surface area (Å²) in [7, 11) is 0. The maximum absolute atomic E-state index is 12.4. The Bertz CT molecular complexity index is 549. The maximum Gasteiger partial charge on any atom is 0.223 e. The molecule has 21 heavy (non-hydrogen) atoms. The highest BCUT2D eigenvalue weighted by atomic mass is 35.5. The van der Waals surface area contributed by atoms with Crippen LogP contribution in [0, 0.1) is 11.8 Å². The molecule has 1 aliphatic heterocycles. The second-order valence-electron chi connectivity index (χ2n) is 6.21. The van der Waals surface area contributed by atoms with E-state index in [4.69, 9.17) is 23.2 Å². The molecule has 1 saturated heterocycles. The fourth-order valence-electron chi connectivity index (χ4n) is 3.11. The van der Waals surface area contributed by atoms with Gasteiger partial charge in [0.15, 0.2) is 0 Å². The van der Waals surface area contributed by atoms with Gasteiger partial charge in [0.05, 0.1) is 10.0 Å². The highest BCUT2D eigenvalue weighted by Gasteiger charge is 2.44. The van der Waals surface area contributed by atoms with E-state index in [0.29, 0.717) is 22.0 Å². The van der Waals surface area contributed by atoms with E-state index in [-0.39, 0.29) is 17.7 Å².